The molecule has 4 heterocycles. The van der Waals surface area contributed by atoms with Gasteiger partial charge in [0.1, 0.15) is 5.82 Å². The number of piperidine rings is 1. The third kappa shape index (κ3) is 4.13. The number of halogens is 1. The molecule has 1 aromatic heterocycles. The van der Waals surface area contributed by atoms with E-state index in [0.717, 1.165) is 81.5 Å². The van der Waals surface area contributed by atoms with Crippen molar-refractivity contribution in [1.29, 1.82) is 0 Å². The highest BCUT2D eigenvalue weighted by Gasteiger charge is 2.27. The van der Waals surface area contributed by atoms with E-state index < -0.39 is 0 Å². The minimum Gasteiger partial charge on any atom is -0.371 e. The van der Waals surface area contributed by atoms with E-state index in [9.17, 15) is 9.18 Å². The summed E-state index contributed by atoms with van der Waals surface area (Å²) in [6.45, 7) is 5.26. The van der Waals surface area contributed by atoms with Gasteiger partial charge in [0.05, 0.1) is 5.69 Å². The largest absolute Gasteiger partial charge is 0.371 e. The van der Waals surface area contributed by atoms with E-state index >= 15 is 0 Å². The molecule has 3 aliphatic heterocycles. The molecule has 2 aromatic carbocycles. The number of ketones is 1. The van der Waals surface area contributed by atoms with Crippen LogP contribution in [0, 0.1) is 5.82 Å². The van der Waals surface area contributed by atoms with Gasteiger partial charge in [0.15, 0.2) is 11.4 Å². The van der Waals surface area contributed by atoms with Gasteiger partial charge in [-0.15, -0.1) is 0 Å². The number of fused-ring (bicyclic) bond motifs is 1. The van der Waals surface area contributed by atoms with E-state index in [-0.39, 0.29) is 11.6 Å². The van der Waals surface area contributed by atoms with Gasteiger partial charge in [-0.1, -0.05) is 5.16 Å². The summed E-state index contributed by atoms with van der Waals surface area (Å²) in [6, 6.07) is 9.02. The number of rotatable bonds is 6. The molecule has 0 atom stereocenters. The number of hydrogen-bond donors (Lipinski definition) is 0. The van der Waals surface area contributed by atoms with Crippen molar-refractivity contribution in [3.05, 3.63) is 58.5 Å². The number of aryl methyl sites for hydroxylation is 2. The Balaban J connectivity index is 1.02. The highest BCUT2D eigenvalue weighted by atomic mass is 19.1. The van der Waals surface area contributed by atoms with Crippen LogP contribution in [0.2, 0.25) is 0 Å². The zero-order valence-electron chi connectivity index (χ0n) is 19.7. The van der Waals surface area contributed by atoms with Gasteiger partial charge in [0.25, 0.3) is 0 Å². The Morgan fingerprint density at radius 2 is 1.76 bits per heavy atom. The molecular formula is C28H32FN3O2. The first kappa shape index (κ1) is 21.8. The zero-order chi connectivity index (χ0) is 23.1. The van der Waals surface area contributed by atoms with Gasteiger partial charge in [-0.3, -0.25) is 4.79 Å². The molecule has 178 valence electrons. The van der Waals surface area contributed by atoms with Crippen LogP contribution in [0.3, 0.4) is 0 Å². The van der Waals surface area contributed by atoms with Gasteiger partial charge in [-0.05, 0) is 100.0 Å². The monoisotopic (exact) mass is 461 g/mol. The summed E-state index contributed by atoms with van der Waals surface area (Å²) in [5.74, 6) is 0.339. The molecule has 0 amide bonds. The van der Waals surface area contributed by atoms with E-state index in [2.05, 4.69) is 27.1 Å². The van der Waals surface area contributed by atoms with Crippen LogP contribution in [0.5, 0.6) is 0 Å². The Morgan fingerprint density at radius 3 is 2.50 bits per heavy atom. The number of nitrogens with zero attached hydrogens (tertiary/aromatic N) is 3. The van der Waals surface area contributed by atoms with Crippen molar-refractivity contribution >= 4 is 22.4 Å². The highest BCUT2D eigenvalue weighted by molar-refractivity contribution is 5.97. The first-order valence-corrected chi connectivity index (χ1v) is 12.9. The molecule has 1 fully saturated rings. The number of likely N-dealkylation sites (tertiary alicyclic amines) is 1. The second kappa shape index (κ2) is 9.14. The Morgan fingerprint density at radius 1 is 1.03 bits per heavy atom. The maximum absolute atomic E-state index is 13.4. The molecule has 3 aliphatic rings. The quantitative estimate of drug-likeness (QED) is 0.453. The summed E-state index contributed by atoms with van der Waals surface area (Å²) in [5.41, 5.74) is 6.61. The first-order valence-electron chi connectivity index (χ1n) is 12.9. The van der Waals surface area contributed by atoms with Crippen molar-refractivity contribution in [2.75, 3.05) is 37.6 Å². The molecule has 1 saturated heterocycles. The van der Waals surface area contributed by atoms with E-state index in [4.69, 9.17) is 4.52 Å². The lowest BCUT2D eigenvalue weighted by atomic mass is 9.88. The van der Waals surface area contributed by atoms with Gasteiger partial charge < -0.3 is 14.3 Å². The molecule has 0 unspecified atom stereocenters. The van der Waals surface area contributed by atoms with Gasteiger partial charge in [0, 0.05) is 48.1 Å². The summed E-state index contributed by atoms with van der Waals surface area (Å²) >= 11 is 0. The van der Waals surface area contributed by atoms with Gasteiger partial charge in [-0.25, -0.2) is 4.39 Å². The Hall–Kier alpha value is -2.73. The zero-order valence-corrected chi connectivity index (χ0v) is 19.7. The molecule has 0 bridgehead atoms. The van der Waals surface area contributed by atoms with Crippen LogP contribution >= 0.6 is 0 Å². The minimum atomic E-state index is -0.295. The number of benzene rings is 2. The van der Waals surface area contributed by atoms with Crippen molar-refractivity contribution in [3.8, 4) is 0 Å². The Bertz CT molecular complexity index is 1180. The number of carbonyl (C=O) groups excluding carboxylic acids is 1. The topological polar surface area (TPSA) is 49.6 Å². The maximum atomic E-state index is 13.4. The van der Waals surface area contributed by atoms with Gasteiger partial charge in [0.2, 0.25) is 0 Å². The summed E-state index contributed by atoms with van der Waals surface area (Å²) in [4.78, 5) is 18.0. The molecule has 6 heteroatoms. The van der Waals surface area contributed by atoms with Crippen LogP contribution in [-0.2, 0) is 12.8 Å². The van der Waals surface area contributed by atoms with Crippen molar-refractivity contribution in [2.24, 2.45) is 0 Å². The molecule has 34 heavy (non-hydrogen) atoms. The SMILES string of the molecule is O=C(CCCN1CCC(c2noc3cc(F)ccc23)CC1)c1cc2c3c(c1)CCCN3CCC2. The number of carbonyl (C=O) groups is 1. The average Bonchev–Trinajstić information content (AvgIpc) is 3.27. The second-order valence-electron chi connectivity index (χ2n) is 10.2. The summed E-state index contributed by atoms with van der Waals surface area (Å²) in [7, 11) is 0. The standard InChI is InChI=1S/C28H32FN3O2/c29-23-7-8-24-26(18-23)34-30-27(24)19-9-14-31(15-10-19)11-3-6-25(33)22-16-20-4-1-12-32-13-2-5-21(17-22)28(20)32/h7-8,16-19H,1-6,9-15H2. The Labute approximate surface area is 199 Å². The molecule has 5 nitrogen and oxygen atoms in total. The molecule has 0 N–H and O–H groups in total. The van der Waals surface area contributed by atoms with Gasteiger partial charge >= 0.3 is 0 Å². The van der Waals surface area contributed by atoms with Gasteiger partial charge in [-0.2, -0.15) is 0 Å². The Kier molecular flexibility index (Phi) is 5.85. The van der Waals surface area contributed by atoms with E-state index in [1.165, 1.54) is 41.8 Å². The lowest BCUT2D eigenvalue weighted by molar-refractivity contribution is 0.0972. The smallest absolute Gasteiger partial charge is 0.170 e. The fourth-order valence-electron chi connectivity index (χ4n) is 6.23. The van der Waals surface area contributed by atoms with Crippen molar-refractivity contribution in [3.63, 3.8) is 0 Å². The molecular weight excluding hydrogens is 429 g/mol. The van der Waals surface area contributed by atoms with E-state index in [1.807, 2.05) is 0 Å². The number of hydrogen-bond acceptors (Lipinski definition) is 5. The summed E-state index contributed by atoms with van der Waals surface area (Å²) < 4.78 is 18.8. The lowest BCUT2D eigenvalue weighted by Gasteiger charge is -2.37. The number of anilines is 1. The summed E-state index contributed by atoms with van der Waals surface area (Å²) in [5, 5.41) is 5.18. The fraction of sp³-hybridized carbons (Fsp3) is 0.500. The van der Waals surface area contributed by atoms with E-state index in [0.29, 0.717) is 17.9 Å². The predicted octanol–water partition coefficient (Wildman–Crippen LogP) is 5.51. The maximum Gasteiger partial charge on any atom is 0.170 e. The molecule has 6 rings (SSSR count). The molecule has 0 spiro atoms. The normalized spacial score (nSPS) is 18.9. The van der Waals surface area contributed by atoms with Crippen LogP contribution in [0.4, 0.5) is 10.1 Å². The lowest BCUT2D eigenvalue weighted by Crippen LogP contribution is -2.34. The third-order valence-corrected chi connectivity index (χ3v) is 7.97. The number of Topliss-reactive ketones (excluding diaryl/α,β-unsaturated/α-hetero) is 1. The van der Waals surface area contributed by atoms with Crippen LogP contribution < -0.4 is 4.90 Å². The third-order valence-electron chi connectivity index (χ3n) is 7.97. The van der Waals surface area contributed by atoms with Crippen molar-refractivity contribution in [2.45, 2.75) is 57.3 Å². The number of aromatic nitrogens is 1. The highest BCUT2D eigenvalue weighted by Crippen LogP contribution is 2.36. The molecule has 0 saturated carbocycles. The van der Waals surface area contributed by atoms with Crippen LogP contribution in [-0.4, -0.2) is 48.6 Å². The fourth-order valence-corrected chi connectivity index (χ4v) is 6.23. The van der Waals surface area contributed by atoms with Crippen LogP contribution in [0.25, 0.3) is 11.0 Å². The van der Waals surface area contributed by atoms with Crippen molar-refractivity contribution in [1.82, 2.24) is 10.1 Å². The molecule has 0 aliphatic carbocycles. The molecule has 0 radical (unpaired) electrons. The molecule has 3 aromatic rings. The van der Waals surface area contributed by atoms with Crippen LogP contribution in [0.15, 0.2) is 34.9 Å². The average molecular weight is 462 g/mol. The van der Waals surface area contributed by atoms with E-state index in [1.54, 1.807) is 6.07 Å². The predicted molar refractivity (Wildman–Crippen MR) is 131 cm³/mol. The second-order valence-corrected chi connectivity index (χ2v) is 10.2. The minimum absolute atomic E-state index is 0.290. The summed E-state index contributed by atoms with van der Waals surface area (Å²) in [6.07, 6.45) is 8.13. The van der Waals surface area contributed by atoms with Crippen LogP contribution in [0.1, 0.15) is 71.6 Å². The first-order chi connectivity index (χ1) is 16.7. The van der Waals surface area contributed by atoms with Crippen molar-refractivity contribution < 1.29 is 13.7 Å².